The van der Waals surface area contributed by atoms with Crippen molar-refractivity contribution in [3.8, 4) is 11.3 Å². The van der Waals surface area contributed by atoms with Crippen LogP contribution >= 0.6 is 0 Å². The first-order valence-corrected chi connectivity index (χ1v) is 10.7. The normalized spacial score (nSPS) is 13.4. The molecule has 0 atom stereocenters. The Morgan fingerprint density at radius 1 is 1.15 bits per heavy atom. The standard InChI is InChI=1S/C19H17F2N.C4H8F3N.C2H5N/c1-11-9-15-17(12-3-2-4-12)18(22-19(15)16(21)10-11)13-5-7-14(20)8-6-13;1-8-3-2-4(5,6)7;1-2-3/h5-10,12,22H,2-4H2,1H3;8H,2-3H2,1H3;2H,1,3H2. The van der Waals surface area contributed by atoms with E-state index in [0.29, 0.717) is 11.4 Å². The van der Waals surface area contributed by atoms with E-state index < -0.39 is 12.6 Å². The number of hydrogen-bond acceptors (Lipinski definition) is 2. The maximum absolute atomic E-state index is 14.3. The molecule has 1 aliphatic carbocycles. The van der Waals surface area contributed by atoms with Crippen molar-refractivity contribution in [1.29, 1.82) is 0 Å². The summed E-state index contributed by atoms with van der Waals surface area (Å²) in [7, 11) is 1.49. The summed E-state index contributed by atoms with van der Waals surface area (Å²) in [6.45, 7) is 5.06. The number of aromatic nitrogens is 1. The van der Waals surface area contributed by atoms with Gasteiger partial charge in [-0.05, 0) is 92.0 Å². The summed E-state index contributed by atoms with van der Waals surface area (Å²) >= 11 is 0. The molecule has 1 saturated carbocycles. The first-order chi connectivity index (χ1) is 15.6. The van der Waals surface area contributed by atoms with Gasteiger partial charge in [-0.25, -0.2) is 8.78 Å². The number of aromatic amines is 1. The third-order valence-electron chi connectivity index (χ3n) is 5.35. The van der Waals surface area contributed by atoms with Crippen molar-refractivity contribution in [3.63, 3.8) is 0 Å². The van der Waals surface area contributed by atoms with Crippen LogP contribution in [0.3, 0.4) is 0 Å². The number of nitrogens with one attached hydrogen (secondary N) is 2. The molecular weight excluding hydrogens is 437 g/mol. The minimum absolute atomic E-state index is 0.00347. The van der Waals surface area contributed by atoms with Crippen molar-refractivity contribution in [2.45, 2.75) is 44.7 Å². The molecule has 2 aromatic carbocycles. The van der Waals surface area contributed by atoms with E-state index in [1.54, 1.807) is 18.2 Å². The summed E-state index contributed by atoms with van der Waals surface area (Å²) in [6.07, 6.45) is -0.0194. The van der Waals surface area contributed by atoms with E-state index in [9.17, 15) is 22.0 Å². The van der Waals surface area contributed by atoms with Crippen LogP contribution in [0.5, 0.6) is 0 Å². The Hall–Kier alpha value is -2.87. The fraction of sp³-hybridized carbons (Fsp3) is 0.360. The molecule has 0 spiro atoms. The Bertz CT molecular complexity index is 1030. The van der Waals surface area contributed by atoms with Gasteiger partial charge in [0.05, 0.1) is 17.6 Å². The van der Waals surface area contributed by atoms with Crippen LogP contribution in [0.4, 0.5) is 22.0 Å². The number of rotatable bonds is 4. The number of nitrogens with two attached hydrogens (primary N) is 1. The summed E-state index contributed by atoms with van der Waals surface area (Å²) in [4.78, 5) is 3.25. The third-order valence-corrected chi connectivity index (χ3v) is 5.35. The molecule has 4 rings (SSSR count). The van der Waals surface area contributed by atoms with Crippen LogP contribution in [-0.2, 0) is 0 Å². The minimum Gasteiger partial charge on any atom is -0.405 e. The summed E-state index contributed by atoms with van der Waals surface area (Å²) < 4.78 is 61.1. The molecule has 3 nitrogen and oxygen atoms in total. The van der Waals surface area contributed by atoms with Gasteiger partial charge in [0, 0.05) is 11.9 Å². The van der Waals surface area contributed by atoms with E-state index in [1.165, 1.54) is 37.4 Å². The van der Waals surface area contributed by atoms with Gasteiger partial charge in [-0.2, -0.15) is 13.2 Å². The molecule has 0 saturated heterocycles. The number of halogens is 5. The zero-order chi connectivity index (χ0) is 24.6. The lowest BCUT2D eigenvalue weighted by Gasteiger charge is -2.26. The molecule has 1 heterocycles. The Kier molecular flexibility index (Phi) is 9.46. The van der Waals surface area contributed by atoms with Gasteiger partial charge in [0.2, 0.25) is 0 Å². The average Bonchev–Trinajstić information content (AvgIpc) is 3.06. The molecule has 1 fully saturated rings. The predicted octanol–water partition coefficient (Wildman–Crippen LogP) is 6.94. The highest BCUT2D eigenvalue weighted by Gasteiger charge is 2.27. The molecule has 1 aliphatic rings. The topological polar surface area (TPSA) is 53.8 Å². The Labute approximate surface area is 190 Å². The van der Waals surface area contributed by atoms with E-state index >= 15 is 0 Å². The zero-order valence-corrected chi connectivity index (χ0v) is 18.8. The molecule has 33 heavy (non-hydrogen) atoms. The second-order valence-electron chi connectivity index (χ2n) is 7.92. The minimum atomic E-state index is -4.01. The summed E-state index contributed by atoms with van der Waals surface area (Å²) in [5, 5.41) is 3.38. The van der Waals surface area contributed by atoms with Gasteiger partial charge in [0.15, 0.2) is 0 Å². The molecule has 180 valence electrons. The third kappa shape index (κ3) is 7.32. The highest BCUT2D eigenvalue weighted by Crippen LogP contribution is 2.45. The maximum Gasteiger partial charge on any atom is 0.390 e. The lowest BCUT2D eigenvalue weighted by molar-refractivity contribution is -0.133. The summed E-state index contributed by atoms with van der Waals surface area (Å²) in [5.74, 6) is -0.00832. The van der Waals surface area contributed by atoms with Gasteiger partial charge >= 0.3 is 6.18 Å². The molecule has 4 N–H and O–H groups in total. The van der Waals surface area contributed by atoms with E-state index in [0.717, 1.165) is 35.0 Å². The van der Waals surface area contributed by atoms with E-state index in [2.05, 4.69) is 28.7 Å². The van der Waals surface area contributed by atoms with Gasteiger partial charge in [-0.1, -0.05) is 13.0 Å². The van der Waals surface area contributed by atoms with Gasteiger partial charge in [-0.15, -0.1) is 0 Å². The average molecular weight is 468 g/mol. The fourth-order valence-corrected chi connectivity index (χ4v) is 3.64. The second kappa shape index (κ2) is 11.8. The zero-order valence-electron chi connectivity index (χ0n) is 18.8. The van der Waals surface area contributed by atoms with Crippen molar-refractivity contribution in [2.75, 3.05) is 13.6 Å². The van der Waals surface area contributed by atoms with Crippen LogP contribution in [0, 0.1) is 18.6 Å². The number of hydrogen-bond donors (Lipinski definition) is 3. The van der Waals surface area contributed by atoms with E-state index in [-0.39, 0.29) is 18.2 Å². The number of aryl methyl sites for hydroxylation is 1. The van der Waals surface area contributed by atoms with Gasteiger partial charge in [0.25, 0.3) is 0 Å². The van der Waals surface area contributed by atoms with E-state index in [4.69, 9.17) is 0 Å². The number of H-pyrrole nitrogens is 1. The smallest absolute Gasteiger partial charge is 0.390 e. The lowest BCUT2D eigenvalue weighted by Crippen LogP contribution is -2.17. The molecule has 3 aromatic rings. The monoisotopic (exact) mass is 467 g/mol. The SMILES string of the molecule is C=CN.CNCCC(F)(F)F.Cc1cc(F)c2[nH]c(-c3ccc(F)cc3)c(C3CCC3)c2c1. The van der Waals surface area contributed by atoms with Crippen molar-refractivity contribution in [2.24, 2.45) is 5.73 Å². The first-order valence-electron chi connectivity index (χ1n) is 10.7. The van der Waals surface area contributed by atoms with E-state index in [1.807, 2.05) is 6.92 Å². The second-order valence-corrected chi connectivity index (χ2v) is 7.92. The quantitative estimate of drug-likeness (QED) is 0.364. The molecule has 0 unspecified atom stereocenters. The fourth-order valence-electron chi connectivity index (χ4n) is 3.64. The highest BCUT2D eigenvalue weighted by atomic mass is 19.4. The van der Waals surface area contributed by atoms with Crippen molar-refractivity contribution in [1.82, 2.24) is 10.3 Å². The summed E-state index contributed by atoms with van der Waals surface area (Å²) in [6, 6.07) is 10.0. The molecule has 0 amide bonds. The molecular formula is C25H30F5N3. The van der Waals surface area contributed by atoms with Crippen molar-refractivity contribution >= 4 is 10.9 Å². The molecule has 1 aromatic heterocycles. The van der Waals surface area contributed by atoms with Gasteiger partial charge in [0.1, 0.15) is 11.6 Å². The number of benzene rings is 2. The van der Waals surface area contributed by atoms with Gasteiger partial charge < -0.3 is 16.0 Å². The van der Waals surface area contributed by atoms with Crippen LogP contribution < -0.4 is 11.1 Å². The predicted molar refractivity (Wildman–Crippen MR) is 124 cm³/mol. The number of alkyl halides is 3. The van der Waals surface area contributed by atoms with Crippen LogP contribution in [-0.4, -0.2) is 24.8 Å². The Balaban J connectivity index is 0.000000297. The highest BCUT2D eigenvalue weighted by molar-refractivity contribution is 5.92. The molecule has 0 aliphatic heterocycles. The lowest BCUT2D eigenvalue weighted by atomic mass is 9.78. The maximum atomic E-state index is 14.3. The Morgan fingerprint density at radius 3 is 2.21 bits per heavy atom. The van der Waals surface area contributed by atoms with Crippen molar-refractivity contribution in [3.05, 3.63) is 71.9 Å². The van der Waals surface area contributed by atoms with Crippen LogP contribution in [0.1, 0.15) is 42.7 Å². The van der Waals surface area contributed by atoms with Crippen LogP contribution in [0.2, 0.25) is 0 Å². The van der Waals surface area contributed by atoms with Crippen molar-refractivity contribution < 1.29 is 22.0 Å². The molecule has 0 bridgehead atoms. The number of fused-ring (bicyclic) bond motifs is 1. The largest absolute Gasteiger partial charge is 0.405 e. The first kappa shape index (κ1) is 26.4. The Morgan fingerprint density at radius 2 is 1.76 bits per heavy atom. The molecule has 8 heteroatoms. The summed E-state index contributed by atoms with van der Waals surface area (Å²) in [5.41, 5.74) is 9.14. The van der Waals surface area contributed by atoms with Crippen LogP contribution in [0.15, 0.2) is 49.2 Å². The molecule has 0 radical (unpaired) electrons. The van der Waals surface area contributed by atoms with Crippen LogP contribution in [0.25, 0.3) is 22.2 Å². The van der Waals surface area contributed by atoms with Gasteiger partial charge in [-0.3, -0.25) is 0 Å².